The van der Waals surface area contributed by atoms with Crippen LogP contribution < -0.4 is 10.1 Å². The number of amides is 2. The molecule has 0 bridgehead atoms. The van der Waals surface area contributed by atoms with Gasteiger partial charge in [-0.3, -0.25) is 24.6 Å². The van der Waals surface area contributed by atoms with Crippen LogP contribution in [0.4, 0.5) is 11.4 Å². The lowest BCUT2D eigenvalue weighted by molar-refractivity contribution is -0.384. The number of nitro benzene ring substituents is 1. The molecule has 1 N–H and O–H groups in total. The van der Waals surface area contributed by atoms with Crippen molar-refractivity contribution in [3.63, 3.8) is 0 Å². The third-order valence-electron chi connectivity index (χ3n) is 5.34. The minimum Gasteiger partial charge on any atom is -0.497 e. The van der Waals surface area contributed by atoms with Gasteiger partial charge in [-0.2, -0.15) is 0 Å². The Morgan fingerprint density at radius 1 is 0.939 bits per heavy atom. The van der Waals surface area contributed by atoms with Crippen LogP contribution >= 0.6 is 0 Å². The van der Waals surface area contributed by atoms with E-state index in [4.69, 9.17) is 4.74 Å². The highest BCUT2D eigenvalue weighted by molar-refractivity contribution is 6.36. The van der Waals surface area contributed by atoms with Crippen molar-refractivity contribution in [2.24, 2.45) is 0 Å². The van der Waals surface area contributed by atoms with E-state index in [9.17, 15) is 19.7 Å². The average molecular weight is 443 g/mol. The fraction of sp³-hybridized carbons (Fsp3) is 0.120. The third-order valence-corrected chi connectivity index (χ3v) is 5.34. The molecule has 0 aliphatic carbocycles. The lowest BCUT2D eigenvalue weighted by atomic mass is 10.0. The van der Waals surface area contributed by atoms with Crippen LogP contribution in [0.1, 0.15) is 11.1 Å². The summed E-state index contributed by atoms with van der Waals surface area (Å²) in [6.45, 7) is 0.210. The van der Waals surface area contributed by atoms with Crippen molar-refractivity contribution in [2.45, 2.75) is 6.42 Å². The molecule has 3 aromatic rings. The Hall–Kier alpha value is -4.46. The number of imide groups is 1. The fourth-order valence-corrected chi connectivity index (χ4v) is 3.64. The van der Waals surface area contributed by atoms with Gasteiger partial charge in [0.05, 0.1) is 17.6 Å². The topological polar surface area (TPSA) is 102 Å². The zero-order valence-electron chi connectivity index (χ0n) is 17.9. The first-order valence-electron chi connectivity index (χ1n) is 10.3. The smallest absolute Gasteiger partial charge is 0.278 e. The van der Waals surface area contributed by atoms with E-state index in [1.165, 1.54) is 36.3 Å². The summed E-state index contributed by atoms with van der Waals surface area (Å²) in [5.74, 6) is -0.308. The lowest BCUT2D eigenvalue weighted by Crippen LogP contribution is -2.34. The molecular weight excluding hydrogens is 422 g/mol. The second-order valence-electron chi connectivity index (χ2n) is 7.41. The van der Waals surface area contributed by atoms with E-state index in [1.54, 1.807) is 24.3 Å². The number of ether oxygens (including phenoxy) is 1. The van der Waals surface area contributed by atoms with Crippen LogP contribution in [0.15, 0.2) is 84.6 Å². The minimum atomic E-state index is -0.513. The van der Waals surface area contributed by atoms with Gasteiger partial charge in [-0.1, -0.05) is 36.4 Å². The number of nitrogens with zero attached hydrogens (tertiary/aromatic N) is 2. The molecule has 0 unspecified atom stereocenters. The lowest BCUT2D eigenvalue weighted by Gasteiger charge is -2.15. The van der Waals surface area contributed by atoms with Crippen LogP contribution in [0.25, 0.3) is 5.57 Å². The molecule has 166 valence electrons. The summed E-state index contributed by atoms with van der Waals surface area (Å²) in [6, 6.07) is 22.2. The summed E-state index contributed by atoms with van der Waals surface area (Å²) in [5.41, 5.74) is 2.20. The van der Waals surface area contributed by atoms with Gasteiger partial charge >= 0.3 is 0 Å². The van der Waals surface area contributed by atoms with Gasteiger partial charge in [0.2, 0.25) is 0 Å². The first-order chi connectivity index (χ1) is 16.0. The van der Waals surface area contributed by atoms with E-state index >= 15 is 0 Å². The zero-order valence-corrected chi connectivity index (χ0v) is 17.9. The molecule has 0 spiro atoms. The van der Waals surface area contributed by atoms with Crippen molar-refractivity contribution in [1.82, 2.24) is 4.90 Å². The number of nitrogens with one attached hydrogen (secondary N) is 1. The summed E-state index contributed by atoms with van der Waals surface area (Å²) in [5, 5.41) is 14.1. The molecule has 33 heavy (non-hydrogen) atoms. The summed E-state index contributed by atoms with van der Waals surface area (Å²) in [7, 11) is 1.54. The molecule has 1 heterocycles. The molecule has 8 heteroatoms. The molecule has 0 saturated carbocycles. The Kier molecular flexibility index (Phi) is 6.17. The SMILES string of the molecule is COc1cccc(NC2=C(c3ccc([N+](=O)[O-])cc3)C(=O)N(CCc3ccccc3)C2=O)c1. The first-order valence-corrected chi connectivity index (χ1v) is 10.3. The highest BCUT2D eigenvalue weighted by Crippen LogP contribution is 2.32. The quantitative estimate of drug-likeness (QED) is 0.320. The van der Waals surface area contributed by atoms with Crippen molar-refractivity contribution in [3.05, 3.63) is 106 Å². The first kappa shape index (κ1) is 21.8. The minimum absolute atomic E-state index is 0.0978. The molecule has 2 amide bonds. The van der Waals surface area contributed by atoms with E-state index in [0.29, 0.717) is 23.4 Å². The number of benzene rings is 3. The molecule has 0 atom stereocenters. The van der Waals surface area contributed by atoms with Gasteiger partial charge in [0, 0.05) is 30.4 Å². The molecule has 1 aliphatic heterocycles. The molecule has 3 aromatic carbocycles. The number of carbonyl (C=O) groups excluding carboxylic acids is 2. The van der Waals surface area contributed by atoms with Crippen molar-refractivity contribution in [2.75, 3.05) is 19.0 Å². The van der Waals surface area contributed by atoms with Crippen molar-refractivity contribution in [3.8, 4) is 5.75 Å². The molecule has 4 rings (SSSR count). The molecule has 0 radical (unpaired) electrons. The normalized spacial score (nSPS) is 13.4. The fourth-order valence-electron chi connectivity index (χ4n) is 3.64. The molecule has 1 aliphatic rings. The van der Waals surface area contributed by atoms with Crippen molar-refractivity contribution in [1.29, 1.82) is 0 Å². The maximum absolute atomic E-state index is 13.3. The Labute approximate surface area is 190 Å². The van der Waals surface area contributed by atoms with Crippen LogP contribution in [0, 0.1) is 10.1 Å². The predicted octanol–water partition coefficient (Wildman–Crippen LogP) is 4.04. The largest absolute Gasteiger partial charge is 0.497 e. The number of nitro groups is 1. The van der Waals surface area contributed by atoms with Crippen LogP contribution in [0.3, 0.4) is 0 Å². The van der Waals surface area contributed by atoms with Crippen LogP contribution in [-0.4, -0.2) is 35.3 Å². The maximum atomic E-state index is 13.3. The second kappa shape index (κ2) is 9.35. The Balaban J connectivity index is 1.69. The number of non-ortho nitro benzene ring substituents is 1. The summed E-state index contributed by atoms with van der Waals surface area (Å²) in [6.07, 6.45) is 0.512. The second-order valence-corrected chi connectivity index (χ2v) is 7.41. The van der Waals surface area contributed by atoms with Crippen molar-refractivity contribution < 1.29 is 19.2 Å². The summed E-state index contributed by atoms with van der Waals surface area (Å²) >= 11 is 0. The number of anilines is 1. The van der Waals surface area contributed by atoms with E-state index in [2.05, 4.69) is 5.32 Å². The van der Waals surface area contributed by atoms with E-state index in [1.807, 2.05) is 30.3 Å². The number of hydrogen-bond donors (Lipinski definition) is 1. The molecular formula is C25H21N3O5. The average Bonchev–Trinajstić information content (AvgIpc) is 3.07. The Bertz CT molecular complexity index is 1240. The standard InChI is InChI=1S/C25H21N3O5/c1-33-21-9-5-8-19(16-21)26-23-22(18-10-12-20(13-11-18)28(31)32)24(29)27(25(23)30)15-14-17-6-3-2-4-7-17/h2-13,16,26H,14-15H2,1H3. The Morgan fingerprint density at radius 3 is 2.33 bits per heavy atom. The number of rotatable bonds is 8. The highest BCUT2D eigenvalue weighted by atomic mass is 16.6. The van der Waals surface area contributed by atoms with Crippen LogP contribution in [-0.2, 0) is 16.0 Å². The molecule has 0 aromatic heterocycles. The zero-order chi connectivity index (χ0) is 23.4. The molecule has 0 fully saturated rings. The maximum Gasteiger partial charge on any atom is 0.278 e. The van der Waals surface area contributed by atoms with Gasteiger partial charge in [-0.25, -0.2) is 0 Å². The number of hydrogen-bond acceptors (Lipinski definition) is 6. The highest BCUT2D eigenvalue weighted by Gasteiger charge is 2.39. The van der Waals surface area contributed by atoms with Gasteiger partial charge in [0.1, 0.15) is 11.4 Å². The number of methoxy groups -OCH3 is 1. The third kappa shape index (κ3) is 4.59. The van der Waals surface area contributed by atoms with E-state index in [0.717, 1.165) is 5.56 Å². The van der Waals surface area contributed by atoms with Gasteiger partial charge in [0.25, 0.3) is 17.5 Å². The van der Waals surface area contributed by atoms with Gasteiger partial charge in [-0.05, 0) is 41.8 Å². The van der Waals surface area contributed by atoms with Crippen LogP contribution in [0.5, 0.6) is 5.75 Å². The van der Waals surface area contributed by atoms with Gasteiger partial charge in [-0.15, -0.1) is 0 Å². The summed E-state index contributed by atoms with van der Waals surface area (Å²) < 4.78 is 5.24. The summed E-state index contributed by atoms with van der Waals surface area (Å²) in [4.78, 5) is 38.3. The van der Waals surface area contributed by atoms with Gasteiger partial charge in [0.15, 0.2) is 0 Å². The van der Waals surface area contributed by atoms with Crippen molar-refractivity contribution >= 4 is 28.8 Å². The predicted molar refractivity (Wildman–Crippen MR) is 123 cm³/mol. The monoisotopic (exact) mass is 443 g/mol. The van der Waals surface area contributed by atoms with Gasteiger partial charge < -0.3 is 10.1 Å². The number of carbonyl (C=O) groups is 2. The van der Waals surface area contributed by atoms with E-state index in [-0.39, 0.29) is 23.5 Å². The molecule has 8 nitrogen and oxygen atoms in total. The Morgan fingerprint density at radius 2 is 1.67 bits per heavy atom. The van der Waals surface area contributed by atoms with E-state index < -0.39 is 16.7 Å². The molecule has 0 saturated heterocycles. The van der Waals surface area contributed by atoms with Crippen LogP contribution in [0.2, 0.25) is 0 Å².